The summed E-state index contributed by atoms with van der Waals surface area (Å²) in [6, 6.07) is 18.6. The predicted molar refractivity (Wildman–Crippen MR) is 288 cm³/mol. The van der Waals surface area contributed by atoms with Crippen molar-refractivity contribution in [2.24, 2.45) is 53.3 Å². The van der Waals surface area contributed by atoms with Crippen molar-refractivity contribution in [1.29, 1.82) is 0 Å². The molecule has 10 rings (SSSR count). The van der Waals surface area contributed by atoms with Gasteiger partial charge < -0.3 is 60.0 Å². The van der Waals surface area contributed by atoms with Gasteiger partial charge in [0, 0.05) is 78.3 Å². The molecule has 14 nitrogen and oxygen atoms in total. The Labute approximate surface area is 442 Å². The van der Waals surface area contributed by atoms with E-state index in [1.54, 1.807) is 0 Å². The van der Waals surface area contributed by atoms with E-state index in [1.165, 1.54) is 6.42 Å². The molecule has 1 saturated carbocycles. The summed E-state index contributed by atoms with van der Waals surface area (Å²) in [5.41, 5.74) is 3.48. The number of hydrogen-bond donors (Lipinski definition) is 7. The first kappa shape index (κ1) is 54.1. The van der Waals surface area contributed by atoms with Crippen molar-refractivity contribution in [2.75, 3.05) is 74.1 Å². The molecule has 2 aromatic rings. The zero-order chi connectivity index (χ0) is 52.5. The van der Waals surface area contributed by atoms with Crippen LogP contribution in [0.15, 0.2) is 61.2 Å². The van der Waals surface area contributed by atoms with Gasteiger partial charge in [-0.05, 0) is 90.6 Å². The third kappa shape index (κ3) is 10.6. The molecule has 0 spiro atoms. The summed E-state index contributed by atoms with van der Waals surface area (Å²) in [6.45, 7) is 20.0. The van der Waals surface area contributed by atoms with Gasteiger partial charge in [0.1, 0.15) is 32.8 Å². The summed E-state index contributed by atoms with van der Waals surface area (Å²) < 4.78 is 20.0. The van der Waals surface area contributed by atoms with Crippen LogP contribution in [0.5, 0.6) is 0 Å². The molecule has 20 unspecified atom stereocenters. The molecule has 0 radical (unpaired) electrons. The number of amides is 1. The van der Waals surface area contributed by atoms with Crippen LogP contribution in [0.2, 0.25) is 0 Å². The normalized spacial score (nSPS) is 43.2. The van der Waals surface area contributed by atoms with Crippen LogP contribution in [-0.2, 0) is 35.4 Å². The number of benzene rings is 2. The number of nitrogens with one attached hydrogen (secondary N) is 5. The monoisotopic (exact) mass is 1020 g/mol. The summed E-state index contributed by atoms with van der Waals surface area (Å²) in [7, 11) is 8.45. The minimum absolute atomic E-state index is 0.0231. The van der Waals surface area contributed by atoms with Crippen LogP contribution in [0.1, 0.15) is 97.1 Å². The molecule has 8 fully saturated rings. The Morgan fingerprint density at radius 3 is 1.95 bits per heavy atom. The second-order valence-electron chi connectivity index (χ2n) is 26.2. The molecule has 0 aromatic heterocycles. The van der Waals surface area contributed by atoms with Gasteiger partial charge in [-0.25, -0.2) is 0 Å². The number of carbonyl (C=O) groups excluding carboxylic acids is 2. The average molecular weight is 1020 g/mol. The topological polar surface area (TPSA) is 162 Å². The fourth-order valence-corrected chi connectivity index (χ4v) is 16.5. The number of aliphatic hydroxyl groups is 2. The van der Waals surface area contributed by atoms with Crippen LogP contribution in [0, 0.1) is 53.3 Å². The SMILES string of the molecule is C=CC1C2CC3NC(CC4NC5C(CC(O)C5C4C)C4NC(CC(N2)C1C)C(C)C4CCC(=O)NCCC(=O)OC1(c2ccc(-c4ccc(C5(O)C[N+](C)(C)CCO5)cc4)cc2)C[N+](C)(C)CCO1)C(CC)C3C. The number of esters is 1. The molecule has 7 N–H and O–H groups in total. The van der Waals surface area contributed by atoms with E-state index in [1.807, 2.05) is 48.5 Å². The lowest BCUT2D eigenvalue weighted by atomic mass is 9.76. The summed E-state index contributed by atoms with van der Waals surface area (Å²) in [5, 5.41) is 43.1. The average Bonchev–Trinajstić information content (AvgIpc) is 4.12. The maximum atomic E-state index is 13.8. The Kier molecular flexibility index (Phi) is 15.5. The van der Waals surface area contributed by atoms with E-state index < -0.39 is 17.5 Å². The van der Waals surface area contributed by atoms with Crippen LogP contribution < -0.4 is 26.6 Å². The highest BCUT2D eigenvalue weighted by Gasteiger charge is 2.59. The second kappa shape index (κ2) is 21.2. The van der Waals surface area contributed by atoms with Crippen molar-refractivity contribution >= 4 is 11.9 Å². The van der Waals surface area contributed by atoms with Gasteiger partial charge in [0.15, 0.2) is 0 Å². The minimum atomic E-state index is -1.33. The maximum Gasteiger partial charge on any atom is 0.310 e. The fraction of sp³-hybridized carbons (Fsp3) is 0.733. The summed E-state index contributed by atoms with van der Waals surface area (Å²) in [4.78, 5) is 27.7. The first-order chi connectivity index (χ1) is 35.2. The smallest absolute Gasteiger partial charge is 0.310 e. The van der Waals surface area contributed by atoms with Gasteiger partial charge in [0.2, 0.25) is 11.7 Å². The number of carbonyl (C=O) groups is 2. The Morgan fingerprint density at radius 2 is 1.28 bits per heavy atom. The van der Waals surface area contributed by atoms with Crippen molar-refractivity contribution in [3.05, 3.63) is 72.3 Å². The van der Waals surface area contributed by atoms with Crippen molar-refractivity contribution in [1.82, 2.24) is 26.6 Å². The minimum Gasteiger partial charge on any atom is -0.422 e. The molecule has 2 aromatic carbocycles. The van der Waals surface area contributed by atoms with Crippen molar-refractivity contribution in [3.8, 4) is 11.1 Å². The lowest BCUT2D eigenvalue weighted by Gasteiger charge is -2.44. The summed E-state index contributed by atoms with van der Waals surface area (Å²) >= 11 is 0. The molecular weight excluding hydrogens is 931 g/mol. The number of quaternary nitrogens is 2. The van der Waals surface area contributed by atoms with Crippen molar-refractivity contribution in [2.45, 2.75) is 152 Å². The first-order valence-corrected chi connectivity index (χ1v) is 28.9. The van der Waals surface area contributed by atoms with E-state index in [9.17, 15) is 19.8 Å². The van der Waals surface area contributed by atoms with Crippen LogP contribution >= 0.6 is 0 Å². The first-order valence-electron chi connectivity index (χ1n) is 28.9. The fourth-order valence-electron chi connectivity index (χ4n) is 16.5. The van der Waals surface area contributed by atoms with Crippen LogP contribution in [0.3, 0.4) is 0 Å². The Morgan fingerprint density at radius 1 is 0.716 bits per heavy atom. The number of morpholine rings is 2. The summed E-state index contributed by atoms with van der Waals surface area (Å²) in [6.07, 6.45) is 8.17. The van der Waals surface area contributed by atoms with E-state index in [2.05, 4.69) is 102 Å². The van der Waals surface area contributed by atoms with Gasteiger partial charge in [-0.1, -0.05) is 95.6 Å². The molecule has 8 aliphatic rings. The van der Waals surface area contributed by atoms with E-state index >= 15 is 0 Å². The number of fused-ring (bicyclic) bond motifs is 8. The number of aliphatic hydroxyl groups excluding tert-OH is 1. The third-order valence-corrected chi connectivity index (χ3v) is 20.8. The van der Waals surface area contributed by atoms with Gasteiger partial charge >= 0.3 is 5.97 Å². The highest BCUT2D eigenvalue weighted by Crippen LogP contribution is 2.51. The zero-order valence-corrected chi connectivity index (χ0v) is 46.2. The van der Waals surface area contributed by atoms with Gasteiger partial charge in [-0.2, -0.15) is 0 Å². The molecular formula is C60H93N7O7+2. The lowest BCUT2D eigenvalue weighted by Crippen LogP contribution is -2.59. The number of hydrogen-bond acceptors (Lipinski definition) is 11. The van der Waals surface area contributed by atoms with Gasteiger partial charge in [-0.15, -0.1) is 6.58 Å². The van der Waals surface area contributed by atoms with Gasteiger partial charge in [0.05, 0.1) is 47.3 Å². The molecule has 74 heavy (non-hydrogen) atoms. The summed E-state index contributed by atoms with van der Waals surface area (Å²) in [5.74, 6) is 0.492. The molecule has 1 amide bonds. The van der Waals surface area contributed by atoms with Crippen molar-refractivity contribution in [3.63, 3.8) is 0 Å². The highest BCUT2D eigenvalue weighted by atomic mass is 16.7. The molecule has 20 atom stereocenters. The Bertz CT molecular complexity index is 2320. The van der Waals surface area contributed by atoms with Crippen LogP contribution in [0.4, 0.5) is 0 Å². The highest BCUT2D eigenvalue weighted by molar-refractivity contribution is 5.77. The number of nitrogens with zero attached hydrogens (tertiary/aromatic N) is 2. The Hall–Kier alpha value is -3.28. The van der Waals surface area contributed by atoms with Crippen molar-refractivity contribution < 1.29 is 43.0 Å². The Balaban J connectivity index is 0.788. The predicted octanol–water partition coefficient (Wildman–Crippen LogP) is 5.23. The number of ether oxygens (including phenoxy) is 3. The van der Waals surface area contributed by atoms with E-state index in [4.69, 9.17) is 14.2 Å². The van der Waals surface area contributed by atoms with Crippen LogP contribution in [-0.4, -0.2) is 160 Å². The molecule has 7 heterocycles. The van der Waals surface area contributed by atoms with E-state index in [0.717, 1.165) is 67.4 Å². The van der Waals surface area contributed by atoms with Crippen LogP contribution in [0.25, 0.3) is 11.1 Å². The molecule has 8 bridgehead atoms. The maximum absolute atomic E-state index is 13.8. The standard InChI is InChI=1S/C60H92N7O7/c1-11-43-35(3)47-30-49-37(5)45(57(64-49)46-29-53(68)56-38(6)50(65-58(46)56)32-52-44(12-2)36(4)48(63-52)31-51(43)62-47)21-22-54(69)61-24-23-55(70)74-60(34-67(9,10)26-28-73-60)42-19-15-40(16-20-42)39-13-17-41(18-14-39)59(71)33-66(7,8)25-27-72-59/h11,13-20,35-38,43-53,56-58,62-65,68,71H,1,12,21-34H2,2-10H3/q+1/p+1. The molecule has 7 aliphatic heterocycles. The third-order valence-electron chi connectivity index (χ3n) is 20.8. The quantitative estimate of drug-likeness (QED) is 0.0848. The molecule has 14 heteroatoms. The largest absolute Gasteiger partial charge is 0.422 e. The van der Waals surface area contributed by atoms with E-state index in [0.29, 0.717) is 107 Å². The molecule has 408 valence electrons. The lowest BCUT2D eigenvalue weighted by molar-refractivity contribution is -0.912. The number of likely N-dealkylation sites (N-methyl/N-ethyl adjacent to an activating group) is 2. The molecule has 7 saturated heterocycles. The van der Waals surface area contributed by atoms with E-state index in [-0.39, 0.29) is 60.9 Å². The van der Waals surface area contributed by atoms with Gasteiger partial charge in [0.25, 0.3) is 5.79 Å². The molecule has 1 aliphatic carbocycles. The van der Waals surface area contributed by atoms with Gasteiger partial charge in [-0.3, -0.25) is 9.59 Å². The second-order valence-corrected chi connectivity index (χ2v) is 26.2. The zero-order valence-electron chi connectivity index (χ0n) is 46.2. The number of rotatable bonds is 12.